The van der Waals surface area contributed by atoms with Gasteiger partial charge in [-0.3, -0.25) is 0 Å². The largest absolute Gasteiger partial charge is 0.477 e. The molecule has 2 aromatic rings. The van der Waals surface area contributed by atoms with Gasteiger partial charge < -0.3 is 14.8 Å². The van der Waals surface area contributed by atoms with Crippen LogP contribution in [-0.4, -0.2) is 36.8 Å². The van der Waals surface area contributed by atoms with E-state index in [9.17, 15) is 0 Å². The molecule has 0 unspecified atom stereocenters. The molecular weight excluding hydrogens is 262 g/mol. The lowest BCUT2D eigenvalue weighted by atomic mass is 10.0. The summed E-state index contributed by atoms with van der Waals surface area (Å²) < 4.78 is 11.3. The summed E-state index contributed by atoms with van der Waals surface area (Å²) in [6, 6.07) is 2.01. The van der Waals surface area contributed by atoms with E-state index in [1.807, 2.05) is 18.5 Å². The van der Waals surface area contributed by atoms with Crippen LogP contribution in [0.1, 0.15) is 12.8 Å². The fourth-order valence-electron chi connectivity index (χ4n) is 2.16. The average molecular weight is 279 g/mol. The number of fused-ring (bicyclic) bond motifs is 1. The third-order valence-corrected chi connectivity index (χ3v) is 4.12. The summed E-state index contributed by atoms with van der Waals surface area (Å²) in [7, 11) is 1.82. The molecule has 2 aromatic heterocycles. The lowest BCUT2D eigenvalue weighted by Crippen LogP contribution is -2.21. The smallest absolute Gasteiger partial charge is 0.227 e. The number of hydrogen-bond acceptors (Lipinski definition) is 6. The van der Waals surface area contributed by atoms with Crippen LogP contribution >= 0.6 is 11.3 Å². The highest BCUT2D eigenvalue weighted by molar-refractivity contribution is 7.16. The van der Waals surface area contributed by atoms with Crippen LogP contribution in [0.25, 0.3) is 10.2 Å². The van der Waals surface area contributed by atoms with Gasteiger partial charge in [0.1, 0.15) is 4.83 Å². The molecule has 3 heterocycles. The maximum Gasteiger partial charge on any atom is 0.227 e. The Kier molecular flexibility index (Phi) is 3.79. The Labute approximate surface area is 116 Å². The van der Waals surface area contributed by atoms with Gasteiger partial charge in [0.25, 0.3) is 0 Å². The second kappa shape index (κ2) is 5.71. The first-order chi connectivity index (χ1) is 9.36. The van der Waals surface area contributed by atoms with E-state index in [-0.39, 0.29) is 0 Å². The Bertz CT molecular complexity index is 552. The fraction of sp³-hybridized carbons (Fsp3) is 0.538. The zero-order valence-corrected chi connectivity index (χ0v) is 11.7. The summed E-state index contributed by atoms with van der Waals surface area (Å²) in [6.07, 6.45) is 2.13. The van der Waals surface area contributed by atoms with Crippen LogP contribution in [0.2, 0.25) is 0 Å². The Hall–Kier alpha value is -1.40. The maximum atomic E-state index is 5.92. The Morgan fingerprint density at radius 2 is 2.26 bits per heavy atom. The summed E-state index contributed by atoms with van der Waals surface area (Å²) in [5.41, 5.74) is 0. The highest BCUT2D eigenvalue weighted by Crippen LogP contribution is 2.28. The number of nitrogens with one attached hydrogen (secondary N) is 1. The van der Waals surface area contributed by atoms with Crippen LogP contribution in [0.4, 0.5) is 5.95 Å². The normalized spacial score (nSPS) is 16.7. The quantitative estimate of drug-likeness (QED) is 0.932. The number of aromatic nitrogens is 2. The molecule has 0 spiro atoms. The molecule has 1 aliphatic rings. The number of thiophene rings is 1. The van der Waals surface area contributed by atoms with Crippen molar-refractivity contribution in [1.82, 2.24) is 9.97 Å². The van der Waals surface area contributed by atoms with Gasteiger partial charge in [-0.15, -0.1) is 11.3 Å². The summed E-state index contributed by atoms with van der Waals surface area (Å²) in [5.74, 6) is 1.86. The van der Waals surface area contributed by atoms with Gasteiger partial charge in [0.15, 0.2) is 0 Å². The second-order valence-corrected chi connectivity index (χ2v) is 5.50. The van der Waals surface area contributed by atoms with E-state index in [4.69, 9.17) is 9.47 Å². The summed E-state index contributed by atoms with van der Waals surface area (Å²) >= 11 is 1.60. The molecule has 0 aliphatic carbocycles. The predicted octanol–water partition coefficient (Wildman–Crippen LogP) is 2.54. The highest BCUT2D eigenvalue weighted by atomic mass is 32.1. The second-order valence-electron chi connectivity index (χ2n) is 4.61. The van der Waals surface area contributed by atoms with Crippen molar-refractivity contribution >= 4 is 27.5 Å². The molecule has 0 aromatic carbocycles. The minimum absolute atomic E-state index is 0.565. The highest BCUT2D eigenvalue weighted by Gasteiger charge is 2.16. The van der Waals surface area contributed by atoms with E-state index in [0.29, 0.717) is 24.4 Å². The zero-order chi connectivity index (χ0) is 13.1. The van der Waals surface area contributed by atoms with Gasteiger partial charge in [-0.05, 0) is 30.2 Å². The van der Waals surface area contributed by atoms with Crippen molar-refractivity contribution in [3.8, 4) is 5.88 Å². The minimum atomic E-state index is 0.565. The first-order valence-corrected chi connectivity index (χ1v) is 7.38. The third kappa shape index (κ3) is 2.79. The minimum Gasteiger partial charge on any atom is -0.477 e. The molecule has 3 rings (SSSR count). The standard InChI is InChI=1S/C13H17N3O2S/c1-14-13-15-11(10-4-7-19-12(10)16-13)18-8-9-2-5-17-6-3-9/h4,7,9H,2-3,5-6,8H2,1H3,(H,14,15,16). The fourth-order valence-corrected chi connectivity index (χ4v) is 2.91. The predicted molar refractivity (Wildman–Crippen MR) is 76.0 cm³/mol. The molecule has 0 amide bonds. The van der Waals surface area contributed by atoms with Gasteiger partial charge in [0, 0.05) is 20.3 Å². The van der Waals surface area contributed by atoms with E-state index in [2.05, 4.69) is 15.3 Å². The van der Waals surface area contributed by atoms with Crippen LogP contribution in [0.5, 0.6) is 5.88 Å². The van der Waals surface area contributed by atoms with Crippen LogP contribution in [0, 0.1) is 5.92 Å². The third-order valence-electron chi connectivity index (χ3n) is 3.31. The molecule has 0 atom stereocenters. The first-order valence-electron chi connectivity index (χ1n) is 6.50. The van der Waals surface area contributed by atoms with Crippen LogP contribution in [0.15, 0.2) is 11.4 Å². The molecule has 0 saturated carbocycles. The van der Waals surface area contributed by atoms with Crippen molar-refractivity contribution in [3.05, 3.63) is 11.4 Å². The van der Waals surface area contributed by atoms with Crippen LogP contribution < -0.4 is 10.1 Å². The molecule has 0 radical (unpaired) electrons. The van der Waals surface area contributed by atoms with Crippen molar-refractivity contribution in [3.63, 3.8) is 0 Å². The Morgan fingerprint density at radius 1 is 1.42 bits per heavy atom. The Balaban J connectivity index is 1.77. The topological polar surface area (TPSA) is 56.3 Å². The van der Waals surface area contributed by atoms with E-state index >= 15 is 0 Å². The van der Waals surface area contributed by atoms with Crippen LogP contribution in [-0.2, 0) is 4.74 Å². The molecule has 6 heteroatoms. The van der Waals surface area contributed by atoms with E-state index in [0.717, 1.165) is 36.3 Å². The van der Waals surface area contributed by atoms with Crippen molar-refractivity contribution in [2.75, 3.05) is 32.2 Å². The van der Waals surface area contributed by atoms with E-state index in [1.165, 1.54) is 0 Å². The SMILES string of the molecule is CNc1nc(OCC2CCOCC2)c2ccsc2n1. The van der Waals surface area contributed by atoms with Gasteiger partial charge in [0.2, 0.25) is 11.8 Å². The number of ether oxygens (including phenoxy) is 2. The molecule has 102 valence electrons. The van der Waals surface area contributed by atoms with E-state index in [1.54, 1.807) is 11.3 Å². The molecule has 0 bridgehead atoms. The number of nitrogens with zero attached hydrogens (tertiary/aromatic N) is 2. The molecule has 1 N–H and O–H groups in total. The van der Waals surface area contributed by atoms with Gasteiger partial charge >= 0.3 is 0 Å². The van der Waals surface area contributed by atoms with Crippen molar-refractivity contribution < 1.29 is 9.47 Å². The maximum absolute atomic E-state index is 5.92. The monoisotopic (exact) mass is 279 g/mol. The van der Waals surface area contributed by atoms with Gasteiger partial charge in [0.05, 0.1) is 12.0 Å². The van der Waals surface area contributed by atoms with Gasteiger partial charge in [-0.25, -0.2) is 4.98 Å². The van der Waals surface area contributed by atoms with Crippen LogP contribution in [0.3, 0.4) is 0 Å². The average Bonchev–Trinajstić information content (AvgIpc) is 2.94. The number of rotatable bonds is 4. The molecule has 5 nitrogen and oxygen atoms in total. The van der Waals surface area contributed by atoms with Gasteiger partial charge in [-0.2, -0.15) is 4.98 Å². The zero-order valence-electron chi connectivity index (χ0n) is 10.9. The van der Waals surface area contributed by atoms with Crippen molar-refractivity contribution in [2.45, 2.75) is 12.8 Å². The Morgan fingerprint density at radius 3 is 3.05 bits per heavy atom. The summed E-state index contributed by atoms with van der Waals surface area (Å²) in [6.45, 7) is 2.38. The molecule has 1 saturated heterocycles. The summed E-state index contributed by atoms with van der Waals surface area (Å²) in [5, 5.41) is 5.98. The lowest BCUT2D eigenvalue weighted by molar-refractivity contribution is 0.0493. The molecule has 1 fully saturated rings. The lowest BCUT2D eigenvalue weighted by Gasteiger charge is -2.21. The number of hydrogen-bond donors (Lipinski definition) is 1. The molecular formula is C13H17N3O2S. The van der Waals surface area contributed by atoms with Gasteiger partial charge in [-0.1, -0.05) is 0 Å². The summed E-state index contributed by atoms with van der Waals surface area (Å²) in [4.78, 5) is 9.77. The van der Waals surface area contributed by atoms with Crippen molar-refractivity contribution in [2.24, 2.45) is 5.92 Å². The molecule has 1 aliphatic heterocycles. The number of anilines is 1. The van der Waals surface area contributed by atoms with Crippen molar-refractivity contribution in [1.29, 1.82) is 0 Å². The molecule has 19 heavy (non-hydrogen) atoms. The van der Waals surface area contributed by atoms with E-state index < -0.39 is 0 Å². The first kappa shape index (κ1) is 12.6.